The van der Waals surface area contributed by atoms with E-state index in [2.05, 4.69) is 15.6 Å². The molecule has 2 aromatic rings. The molecule has 0 spiro atoms. The quantitative estimate of drug-likeness (QED) is 0.914. The number of fused-ring (bicyclic) bond motifs is 1. The van der Waals surface area contributed by atoms with E-state index < -0.39 is 0 Å². The van der Waals surface area contributed by atoms with E-state index in [1.807, 2.05) is 17.7 Å². The maximum atomic E-state index is 12.2. The van der Waals surface area contributed by atoms with Crippen molar-refractivity contribution >= 4 is 5.91 Å². The van der Waals surface area contributed by atoms with Crippen molar-refractivity contribution in [1.82, 2.24) is 20.3 Å². The molecular formula is C16H17N5O2. The summed E-state index contributed by atoms with van der Waals surface area (Å²) < 4.78 is 7.49. The molecule has 0 fully saturated rings. The molecule has 7 heteroatoms. The van der Waals surface area contributed by atoms with E-state index in [0.29, 0.717) is 37.4 Å². The van der Waals surface area contributed by atoms with Gasteiger partial charge in [0.1, 0.15) is 0 Å². The summed E-state index contributed by atoms with van der Waals surface area (Å²) in [5, 5.41) is 19.9. The van der Waals surface area contributed by atoms with Crippen molar-refractivity contribution in [1.29, 1.82) is 5.26 Å². The van der Waals surface area contributed by atoms with Gasteiger partial charge in [0.25, 0.3) is 5.91 Å². The van der Waals surface area contributed by atoms with Crippen LogP contribution in [0.3, 0.4) is 0 Å². The monoisotopic (exact) mass is 311 g/mol. The summed E-state index contributed by atoms with van der Waals surface area (Å²) >= 11 is 0. The molecule has 118 valence electrons. The van der Waals surface area contributed by atoms with Crippen molar-refractivity contribution < 1.29 is 9.53 Å². The van der Waals surface area contributed by atoms with Crippen molar-refractivity contribution in [2.75, 3.05) is 13.2 Å². The minimum Gasteiger partial charge on any atom is -0.375 e. The van der Waals surface area contributed by atoms with Gasteiger partial charge in [-0.25, -0.2) is 4.68 Å². The minimum absolute atomic E-state index is 0.125. The minimum atomic E-state index is -0.193. The van der Waals surface area contributed by atoms with Gasteiger partial charge in [-0.1, -0.05) is 11.3 Å². The standard InChI is InChI=1S/C16H17N5O2/c1-11-15-10-23-9-13(8-21(15)20-19-11)7-18-16(22)14-4-2-3-12(5-14)6-17/h2-5,13H,7-10H2,1H3,(H,18,22)/t13-/m1/s1. The molecule has 7 nitrogen and oxygen atoms in total. The van der Waals surface area contributed by atoms with Crippen LogP contribution in [-0.4, -0.2) is 34.1 Å². The molecule has 1 aliphatic heterocycles. The molecule has 1 aromatic carbocycles. The van der Waals surface area contributed by atoms with Gasteiger partial charge in [0.05, 0.1) is 36.2 Å². The first kappa shape index (κ1) is 15.2. The van der Waals surface area contributed by atoms with Crippen LogP contribution in [0.25, 0.3) is 0 Å². The Kier molecular flexibility index (Phi) is 4.35. The number of nitrogens with zero attached hydrogens (tertiary/aromatic N) is 4. The van der Waals surface area contributed by atoms with Crippen molar-refractivity contribution in [3.63, 3.8) is 0 Å². The van der Waals surface area contributed by atoms with Crippen LogP contribution < -0.4 is 5.32 Å². The van der Waals surface area contributed by atoms with Crippen molar-refractivity contribution in [2.45, 2.75) is 20.1 Å². The highest BCUT2D eigenvalue weighted by Crippen LogP contribution is 2.14. The molecule has 0 saturated heterocycles. The highest BCUT2D eigenvalue weighted by Gasteiger charge is 2.20. The maximum absolute atomic E-state index is 12.2. The first-order valence-corrected chi connectivity index (χ1v) is 7.42. The van der Waals surface area contributed by atoms with E-state index >= 15 is 0 Å². The Morgan fingerprint density at radius 2 is 2.43 bits per heavy atom. The number of ether oxygens (including phenoxy) is 1. The Hall–Kier alpha value is -2.72. The van der Waals surface area contributed by atoms with Gasteiger partial charge in [-0.05, 0) is 25.1 Å². The van der Waals surface area contributed by atoms with E-state index in [4.69, 9.17) is 10.00 Å². The van der Waals surface area contributed by atoms with E-state index in [1.54, 1.807) is 24.3 Å². The lowest BCUT2D eigenvalue weighted by molar-refractivity contribution is 0.0850. The molecule has 0 unspecified atom stereocenters. The fraction of sp³-hybridized carbons (Fsp3) is 0.375. The number of benzene rings is 1. The van der Waals surface area contributed by atoms with Crippen molar-refractivity contribution in [3.8, 4) is 6.07 Å². The number of carbonyl (C=O) groups is 1. The number of rotatable bonds is 3. The second-order valence-electron chi connectivity index (χ2n) is 5.59. The Morgan fingerprint density at radius 3 is 3.26 bits per heavy atom. The molecule has 0 bridgehead atoms. The number of nitriles is 1. The van der Waals surface area contributed by atoms with Crippen LogP contribution in [0.4, 0.5) is 0 Å². The topological polar surface area (TPSA) is 92.8 Å². The van der Waals surface area contributed by atoms with Gasteiger partial charge in [0, 0.05) is 24.6 Å². The average Bonchev–Trinajstić information content (AvgIpc) is 2.81. The number of hydrogen-bond acceptors (Lipinski definition) is 5. The zero-order chi connectivity index (χ0) is 16.2. The third kappa shape index (κ3) is 3.38. The van der Waals surface area contributed by atoms with E-state index in [0.717, 1.165) is 11.4 Å². The average molecular weight is 311 g/mol. The Morgan fingerprint density at radius 1 is 1.57 bits per heavy atom. The summed E-state index contributed by atoms with van der Waals surface area (Å²) in [6.45, 7) is 4.10. The lowest BCUT2D eigenvalue weighted by Crippen LogP contribution is -2.33. The second-order valence-corrected chi connectivity index (χ2v) is 5.59. The predicted octanol–water partition coefficient (Wildman–Crippen LogP) is 1.03. The molecule has 1 aliphatic rings. The van der Waals surface area contributed by atoms with Gasteiger partial charge < -0.3 is 10.1 Å². The zero-order valence-electron chi connectivity index (χ0n) is 12.8. The van der Waals surface area contributed by atoms with Crippen LogP contribution in [0.15, 0.2) is 24.3 Å². The summed E-state index contributed by atoms with van der Waals surface area (Å²) in [7, 11) is 0. The van der Waals surface area contributed by atoms with Gasteiger partial charge in [-0.2, -0.15) is 5.26 Å². The summed E-state index contributed by atoms with van der Waals surface area (Å²) in [6, 6.07) is 8.68. The summed E-state index contributed by atoms with van der Waals surface area (Å²) in [5.41, 5.74) is 2.82. The summed E-state index contributed by atoms with van der Waals surface area (Å²) in [4.78, 5) is 12.2. The molecule has 2 heterocycles. The summed E-state index contributed by atoms with van der Waals surface area (Å²) in [5.74, 6) is -0.0678. The van der Waals surface area contributed by atoms with E-state index in [-0.39, 0.29) is 11.8 Å². The lowest BCUT2D eigenvalue weighted by Gasteiger charge is -2.15. The van der Waals surface area contributed by atoms with Gasteiger partial charge in [-0.3, -0.25) is 4.79 Å². The van der Waals surface area contributed by atoms with Gasteiger partial charge >= 0.3 is 0 Å². The van der Waals surface area contributed by atoms with Gasteiger partial charge in [0.15, 0.2) is 0 Å². The van der Waals surface area contributed by atoms with Crippen LogP contribution in [0.2, 0.25) is 0 Å². The number of hydrogen-bond donors (Lipinski definition) is 1. The number of nitrogens with one attached hydrogen (secondary N) is 1. The van der Waals surface area contributed by atoms with Crippen LogP contribution >= 0.6 is 0 Å². The molecule has 0 radical (unpaired) electrons. The molecule has 3 rings (SSSR count). The molecule has 0 aliphatic carbocycles. The first-order valence-electron chi connectivity index (χ1n) is 7.42. The van der Waals surface area contributed by atoms with Crippen molar-refractivity contribution in [2.24, 2.45) is 5.92 Å². The van der Waals surface area contributed by atoms with Crippen LogP contribution in [-0.2, 0) is 17.9 Å². The van der Waals surface area contributed by atoms with Crippen LogP contribution in [0, 0.1) is 24.2 Å². The first-order chi connectivity index (χ1) is 11.2. The fourth-order valence-corrected chi connectivity index (χ4v) is 2.56. The zero-order valence-corrected chi connectivity index (χ0v) is 12.8. The fourth-order valence-electron chi connectivity index (χ4n) is 2.56. The Bertz CT molecular complexity index is 762. The molecule has 1 amide bonds. The smallest absolute Gasteiger partial charge is 0.251 e. The molecule has 23 heavy (non-hydrogen) atoms. The Balaban J connectivity index is 1.62. The van der Waals surface area contributed by atoms with E-state index in [9.17, 15) is 4.79 Å². The third-order valence-electron chi connectivity index (χ3n) is 3.86. The lowest BCUT2D eigenvalue weighted by atomic mass is 10.1. The number of aromatic nitrogens is 3. The highest BCUT2D eigenvalue weighted by molar-refractivity contribution is 5.94. The predicted molar refractivity (Wildman–Crippen MR) is 81.4 cm³/mol. The maximum Gasteiger partial charge on any atom is 0.251 e. The van der Waals surface area contributed by atoms with Gasteiger partial charge in [-0.15, -0.1) is 5.10 Å². The van der Waals surface area contributed by atoms with Crippen molar-refractivity contribution in [3.05, 3.63) is 46.8 Å². The van der Waals surface area contributed by atoms with Crippen LogP contribution in [0.1, 0.15) is 27.3 Å². The molecular weight excluding hydrogens is 294 g/mol. The normalized spacial score (nSPS) is 17.0. The number of amides is 1. The number of aryl methyl sites for hydroxylation is 1. The number of carbonyl (C=O) groups excluding carboxylic acids is 1. The highest BCUT2D eigenvalue weighted by atomic mass is 16.5. The molecule has 0 saturated carbocycles. The van der Waals surface area contributed by atoms with E-state index in [1.165, 1.54) is 0 Å². The molecule has 1 N–H and O–H groups in total. The van der Waals surface area contributed by atoms with Crippen LogP contribution in [0.5, 0.6) is 0 Å². The van der Waals surface area contributed by atoms with Gasteiger partial charge in [0.2, 0.25) is 0 Å². The third-order valence-corrected chi connectivity index (χ3v) is 3.86. The second kappa shape index (κ2) is 6.58. The molecule has 1 atom stereocenters. The molecule has 1 aromatic heterocycles. The summed E-state index contributed by atoms with van der Waals surface area (Å²) in [6.07, 6.45) is 0. The SMILES string of the molecule is Cc1nnn2c1COC[C@H](CNC(=O)c1cccc(C#N)c1)C2. The Labute approximate surface area is 133 Å². The largest absolute Gasteiger partial charge is 0.375 e.